The van der Waals surface area contributed by atoms with E-state index >= 15 is 0 Å². The lowest BCUT2D eigenvalue weighted by atomic mass is 10.4. The maximum Gasteiger partial charge on any atom is 0.183 e. The summed E-state index contributed by atoms with van der Waals surface area (Å²) in [5.74, 6) is 0. The molecule has 2 aromatic heterocycles. The van der Waals surface area contributed by atoms with Crippen LogP contribution in [0, 0.1) is 6.92 Å². The van der Waals surface area contributed by atoms with Crippen LogP contribution in [0.2, 0.25) is 0 Å². The maximum atomic E-state index is 4.46. The summed E-state index contributed by atoms with van der Waals surface area (Å²) in [5.41, 5.74) is 1.17. The molecule has 2 nitrogen and oxygen atoms in total. The molecule has 80 valence electrons. The molecule has 0 radical (unpaired) electrons. The van der Waals surface area contributed by atoms with Crippen molar-refractivity contribution in [2.75, 3.05) is 5.32 Å². The summed E-state index contributed by atoms with van der Waals surface area (Å²) >= 11 is 3.52. The number of aryl methyl sites for hydroxylation is 2. The Kier molecular flexibility index (Phi) is 3.38. The van der Waals surface area contributed by atoms with Crippen molar-refractivity contribution in [3.05, 3.63) is 33.0 Å². The number of rotatable bonds is 4. The summed E-state index contributed by atoms with van der Waals surface area (Å²) < 4.78 is 0. The summed E-state index contributed by atoms with van der Waals surface area (Å²) in [6, 6.07) is 4.32. The number of nitrogens with zero attached hydrogens (tertiary/aromatic N) is 1. The average Bonchev–Trinajstić information content (AvgIpc) is 2.83. The lowest BCUT2D eigenvalue weighted by Gasteiger charge is -1.98. The summed E-state index contributed by atoms with van der Waals surface area (Å²) in [6.45, 7) is 5.14. The minimum atomic E-state index is 0.884. The van der Waals surface area contributed by atoms with Gasteiger partial charge in [-0.25, -0.2) is 4.98 Å². The second kappa shape index (κ2) is 4.77. The molecule has 0 saturated carbocycles. The van der Waals surface area contributed by atoms with Gasteiger partial charge in [-0.1, -0.05) is 6.92 Å². The highest BCUT2D eigenvalue weighted by molar-refractivity contribution is 7.13. The van der Waals surface area contributed by atoms with Crippen molar-refractivity contribution >= 4 is 27.8 Å². The molecule has 0 atom stereocenters. The van der Waals surface area contributed by atoms with Crippen molar-refractivity contribution in [2.24, 2.45) is 0 Å². The van der Waals surface area contributed by atoms with Crippen molar-refractivity contribution in [2.45, 2.75) is 26.8 Å². The second-order valence-electron chi connectivity index (χ2n) is 3.36. The Morgan fingerprint density at radius 2 is 2.27 bits per heavy atom. The van der Waals surface area contributed by atoms with Gasteiger partial charge in [0.15, 0.2) is 5.13 Å². The van der Waals surface area contributed by atoms with Crippen LogP contribution in [0.4, 0.5) is 5.13 Å². The zero-order valence-electron chi connectivity index (χ0n) is 8.91. The Labute approximate surface area is 98.0 Å². The summed E-state index contributed by atoms with van der Waals surface area (Å²) in [7, 11) is 0. The van der Waals surface area contributed by atoms with Gasteiger partial charge in [-0.05, 0) is 25.5 Å². The van der Waals surface area contributed by atoms with Crippen molar-refractivity contribution in [1.29, 1.82) is 0 Å². The molecule has 0 saturated heterocycles. The van der Waals surface area contributed by atoms with Gasteiger partial charge in [0.2, 0.25) is 0 Å². The first-order valence-electron chi connectivity index (χ1n) is 5.01. The van der Waals surface area contributed by atoms with Gasteiger partial charge in [-0.2, -0.15) is 0 Å². The molecule has 2 rings (SSSR count). The van der Waals surface area contributed by atoms with Gasteiger partial charge in [0, 0.05) is 15.1 Å². The monoisotopic (exact) mass is 238 g/mol. The van der Waals surface area contributed by atoms with Gasteiger partial charge in [0.05, 0.1) is 12.2 Å². The molecular weight excluding hydrogens is 224 g/mol. The fraction of sp³-hybridized carbons (Fsp3) is 0.364. The van der Waals surface area contributed by atoms with Gasteiger partial charge >= 0.3 is 0 Å². The number of thiazole rings is 1. The van der Waals surface area contributed by atoms with E-state index in [4.69, 9.17) is 0 Å². The Bertz CT molecular complexity index is 431. The van der Waals surface area contributed by atoms with Crippen molar-refractivity contribution in [3.8, 4) is 0 Å². The first kappa shape index (κ1) is 10.6. The van der Waals surface area contributed by atoms with Gasteiger partial charge in [-0.15, -0.1) is 22.7 Å². The minimum Gasteiger partial charge on any atom is -0.357 e. The number of hydrogen-bond acceptors (Lipinski definition) is 4. The molecule has 15 heavy (non-hydrogen) atoms. The molecule has 2 aromatic rings. The molecule has 1 N–H and O–H groups in total. The molecule has 2 heterocycles. The lowest BCUT2D eigenvalue weighted by Crippen LogP contribution is -1.96. The number of anilines is 1. The van der Waals surface area contributed by atoms with Crippen LogP contribution in [0.15, 0.2) is 17.5 Å². The van der Waals surface area contributed by atoms with E-state index in [0.29, 0.717) is 0 Å². The molecule has 0 unspecified atom stereocenters. The van der Waals surface area contributed by atoms with E-state index in [9.17, 15) is 0 Å². The quantitative estimate of drug-likeness (QED) is 0.878. The molecule has 4 heteroatoms. The molecule has 0 aliphatic rings. The Balaban J connectivity index is 1.93. The van der Waals surface area contributed by atoms with Crippen LogP contribution in [0.5, 0.6) is 0 Å². The summed E-state index contributed by atoms with van der Waals surface area (Å²) in [5, 5.41) is 6.49. The molecule has 0 spiro atoms. The molecule has 0 aromatic carbocycles. The first-order chi connectivity index (χ1) is 7.28. The molecule has 0 fully saturated rings. The Morgan fingerprint density at radius 3 is 2.87 bits per heavy atom. The number of aromatic nitrogens is 1. The number of thiophene rings is 1. The Morgan fingerprint density at radius 1 is 1.40 bits per heavy atom. The molecule has 0 bridgehead atoms. The minimum absolute atomic E-state index is 0.884. The standard InChI is InChI=1S/C11H14N2S2/c1-3-9-7-14-11(13-9)12-6-10-5-4-8(2)15-10/h4-5,7H,3,6H2,1-2H3,(H,12,13). The highest BCUT2D eigenvalue weighted by atomic mass is 32.1. The summed E-state index contributed by atoms with van der Waals surface area (Å²) in [4.78, 5) is 7.19. The third-order valence-corrected chi connectivity index (χ3v) is 3.97. The van der Waals surface area contributed by atoms with Gasteiger partial charge in [0.25, 0.3) is 0 Å². The first-order valence-corrected chi connectivity index (χ1v) is 6.71. The maximum absolute atomic E-state index is 4.46. The van der Waals surface area contributed by atoms with Crippen LogP contribution >= 0.6 is 22.7 Å². The van der Waals surface area contributed by atoms with Crippen LogP contribution in [0.25, 0.3) is 0 Å². The second-order valence-corrected chi connectivity index (χ2v) is 5.59. The van der Waals surface area contributed by atoms with Crippen molar-refractivity contribution in [1.82, 2.24) is 4.98 Å². The topological polar surface area (TPSA) is 24.9 Å². The highest BCUT2D eigenvalue weighted by Gasteiger charge is 2.00. The van der Waals surface area contributed by atoms with Crippen molar-refractivity contribution < 1.29 is 0 Å². The molecule has 0 aliphatic heterocycles. The SMILES string of the molecule is CCc1csc(NCc2ccc(C)s2)n1. The van der Waals surface area contributed by atoms with E-state index in [1.165, 1.54) is 15.4 Å². The van der Waals surface area contributed by atoms with E-state index in [1.54, 1.807) is 11.3 Å². The van der Waals surface area contributed by atoms with Crippen LogP contribution in [-0.2, 0) is 13.0 Å². The third kappa shape index (κ3) is 2.79. The zero-order chi connectivity index (χ0) is 10.7. The highest BCUT2D eigenvalue weighted by Crippen LogP contribution is 2.19. The molecule has 0 amide bonds. The van der Waals surface area contributed by atoms with Gasteiger partial charge in [0.1, 0.15) is 0 Å². The van der Waals surface area contributed by atoms with Crippen LogP contribution in [-0.4, -0.2) is 4.98 Å². The van der Waals surface area contributed by atoms with Gasteiger partial charge in [-0.3, -0.25) is 0 Å². The van der Waals surface area contributed by atoms with E-state index < -0.39 is 0 Å². The van der Waals surface area contributed by atoms with E-state index in [1.807, 2.05) is 11.3 Å². The van der Waals surface area contributed by atoms with E-state index in [-0.39, 0.29) is 0 Å². The Hall–Kier alpha value is -0.870. The van der Waals surface area contributed by atoms with Crippen LogP contribution in [0.1, 0.15) is 22.4 Å². The van der Waals surface area contributed by atoms with Gasteiger partial charge < -0.3 is 5.32 Å². The lowest BCUT2D eigenvalue weighted by molar-refractivity contribution is 1.05. The molecular formula is C11H14N2S2. The van der Waals surface area contributed by atoms with Crippen LogP contribution in [0.3, 0.4) is 0 Å². The average molecular weight is 238 g/mol. The smallest absolute Gasteiger partial charge is 0.183 e. The number of nitrogens with one attached hydrogen (secondary N) is 1. The largest absolute Gasteiger partial charge is 0.357 e. The van der Waals surface area contributed by atoms with E-state index in [2.05, 4.69) is 41.7 Å². The predicted molar refractivity (Wildman–Crippen MR) is 67.9 cm³/mol. The number of hydrogen-bond donors (Lipinski definition) is 1. The third-order valence-electron chi connectivity index (χ3n) is 2.12. The predicted octanol–water partition coefficient (Wildman–Crippen LogP) is 3.69. The van der Waals surface area contributed by atoms with E-state index in [0.717, 1.165) is 18.1 Å². The zero-order valence-corrected chi connectivity index (χ0v) is 10.5. The van der Waals surface area contributed by atoms with Crippen molar-refractivity contribution in [3.63, 3.8) is 0 Å². The fourth-order valence-electron chi connectivity index (χ4n) is 1.29. The molecule has 0 aliphatic carbocycles. The fourth-order valence-corrected chi connectivity index (χ4v) is 2.92. The van der Waals surface area contributed by atoms with Crippen LogP contribution < -0.4 is 5.32 Å². The summed E-state index contributed by atoms with van der Waals surface area (Å²) in [6.07, 6.45) is 1.01. The normalized spacial score (nSPS) is 10.5.